The summed E-state index contributed by atoms with van der Waals surface area (Å²) in [6, 6.07) is 15.0. The molecule has 45 heavy (non-hydrogen) atoms. The third-order valence-electron chi connectivity index (χ3n) is 8.61. The van der Waals surface area contributed by atoms with E-state index in [1.54, 1.807) is 54.9 Å². The largest absolute Gasteiger partial charge is 0.489 e. The summed E-state index contributed by atoms with van der Waals surface area (Å²) in [5.74, 6) is 1.41. The normalized spacial score (nSPS) is 17.5. The second-order valence-corrected chi connectivity index (χ2v) is 13.5. The topological polar surface area (TPSA) is 153 Å². The number of fused-ring (bicyclic) bond motifs is 1. The molecule has 3 heterocycles. The molecule has 1 aliphatic heterocycles. The second kappa shape index (κ2) is 13.9. The van der Waals surface area contributed by atoms with E-state index in [1.165, 1.54) is 41.1 Å². The zero-order chi connectivity index (χ0) is 31.2. The first-order valence-electron chi connectivity index (χ1n) is 15.6. The molecule has 1 aliphatic carbocycles. The smallest absolute Gasteiger partial charge is 0.368 e. The summed E-state index contributed by atoms with van der Waals surface area (Å²) in [4.78, 5) is 17.0. The van der Waals surface area contributed by atoms with Crippen molar-refractivity contribution >= 4 is 15.7 Å². The second-order valence-electron chi connectivity index (χ2n) is 11.8. The molecular formula is C32H39N7O5S. The molecule has 6 rings (SSSR count). The number of aliphatic hydroxyl groups is 1. The number of aromatic nitrogens is 5. The van der Waals surface area contributed by atoms with Crippen LogP contribution in [0.4, 0.5) is 5.69 Å². The Morgan fingerprint density at radius 1 is 1.04 bits per heavy atom. The fraction of sp³-hybridized carbons (Fsp3) is 0.438. The number of benzene rings is 2. The van der Waals surface area contributed by atoms with Crippen LogP contribution in [0.15, 0.2) is 76.7 Å². The van der Waals surface area contributed by atoms with Gasteiger partial charge in [0, 0.05) is 43.3 Å². The van der Waals surface area contributed by atoms with Crippen molar-refractivity contribution in [3.05, 3.63) is 88.6 Å². The predicted octanol–water partition coefficient (Wildman–Crippen LogP) is 3.61. The van der Waals surface area contributed by atoms with Crippen molar-refractivity contribution < 1.29 is 18.3 Å². The van der Waals surface area contributed by atoms with Crippen LogP contribution in [0.5, 0.6) is 5.75 Å². The Morgan fingerprint density at radius 2 is 1.87 bits per heavy atom. The van der Waals surface area contributed by atoms with Gasteiger partial charge in [-0.3, -0.25) is 9.71 Å². The van der Waals surface area contributed by atoms with E-state index in [2.05, 4.69) is 25.4 Å². The summed E-state index contributed by atoms with van der Waals surface area (Å²) in [7, 11) is -3.86. The number of hydrogen-bond donors (Lipinski definition) is 3. The molecule has 2 aromatic carbocycles. The summed E-state index contributed by atoms with van der Waals surface area (Å²) in [6.45, 7) is 1.46. The average molecular weight is 634 g/mol. The Morgan fingerprint density at radius 3 is 2.64 bits per heavy atom. The lowest BCUT2D eigenvalue weighted by molar-refractivity contribution is 0.146. The summed E-state index contributed by atoms with van der Waals surface area (Å²) < 4.78 is 37.8. The van der Waals surface area contributed by atoms with Gasteiger partial charge in [-0.05, 0) is 96.1 Å². The van der Waals surface area contributed by atoms with Crippen molar-refractivity contribution in [1.82, 2.24) is 30.1 Å². The maximum absolute atomic E-state index is 13.2. The highest BCUT2D eigenvalue weighted by molar-refractivity contribution is 7.92. The standard InChI is InChI=1S/C32H39N7O5S/c40-30(25-8-3-17-33-20-25)22-34-21-28-14-9-24-19-29(15-16-31(24)44-28)45(42,43)35-26-10-12-27(13-11-26)39-32(41)38(36-37-39)18-4-7-23-5-1-2-6-23/h3,8,10-13,15-17,19-20,23,28,30,34-35,40H,1-2,4-7,9,14,18,21-22H2/t28?,30-/m0/s1. The first kappa shape index (κ1) is 30.9. The van der Waals surface area contributed by atoms with Crippen molar-refractivity contribution in [3.63, 3.8) is 0 Å². The van der Waals surface area contributed by atoms with Gasteiger partial charge >= 0.3 is 5.69 Å². The quantitative estimate of drug-likeness (QED) is 0.200. The molecule has 3 N–H and O–H groups in total. The van der Waals surface area contributed by atoms with Gasteiger partial charge in [0.1, 0.15) is 11.9 Å². The summed E-state index contributed by atoms with van der Waals surface area (Å²) in [5.41, 5.74) is 2.13. The van der Waals surface area contributed by atoms with Crippen molar-refractivity contribution in [3.8, 4) is 11.4 Å². The summed E-state index contributed by atoms with van der Waals surface area (Å²) >= 11 is 0. The molecule has 1 unspecified atom stereocenters. The first-order chi connectivity index (χ1) is 21.9. The van der Waals surface area contributed by atoms with Crippen molar-refractivity contribution in [1.29, 1.82) is 0 Å². The minimum Gasteiger partial charge on any atom is -0.489 e. The zero-order valence-electron chi connectivity index (χ0n) is 25.1. The van der Waals surface area contributed by atoms with Crippen LogP contribution in [0.3, 0.4) is 0 Å². The highest BCUT2D eigenvalue weighted by atomic mass is 32.2. The van der Waals surface area contributed by atoms with Crippen LogP contribution in [-0.4, -0.2) is 57.5 Å². The zero-order valence-corrected chi connectivity index (χ0v) is 25.9. The summed E-state index contributed by atoms with van der Waals surface area (Å²) in [6.07, 6.45) is 11.1. The lowest BCUT2D eigenvalue weighted by Crippen LogP contribution is -2.36. The lowest BCUT2D eigenvalue weighted by atomic mass is 10.0. The van der Waals surface area contributed by atoms with Crippen LogP contribution < -0.4 is 20.5 Å². The molecule has 2 atom stereocenters. The Balaban J connectivity index is 1.02. The fourth-order valence-electron chi connectivity index (χ4n) is 6.09. The van der Waals surface area contributed by atoms with E-state index in [0.717, 1.165) is 29.9 Å². The number of rotatable bonds is 13. The molecule has 238 valence electrons. The SMILES string of the molecule is O=c1n(CCCC2CCCC2)nnn1-c1ccc(NS(=O)(=O)c2ccc3c(c2)CCC(CNC[C@H](O)c2cccnc2)O3)cc1. The maximum atomic E-state index is 13.2. The van der Waals surface area contributed by atoms with Gasteiger partial charge in [0.2, 0.25) is 0 Å². The van der Waals surface area contributed by atoms with Gasteiger partial charge in [-0.15, -0.1) is 0 Å². The van der Waals surface area contributed by atoms with E-state index in [0.29, 0.717) is 49.6 Å². The molecule has 1 saturated carbocycles. The molecule has 4 aromatic rings. The third-order valence-corrected chi connectivity index (χ3v) is 9.99. The van der Waals surface area contributed by atoms with E-state index in [1.807, 2.05) is 6.07 Å². The minimum absolute atomic E-state index is 0.0938. The van der Waals surface area contributed by atoms with Gasteiger partial charge in [-0.2, -0.15) is 9.36 Å². The number of nitrogens with one attached hydrogen (secondary N) is 2. The number of ether oxygens (including phenoxy) is 1. The number of hydrogen-bond acceptors (Lipinski definition) is 9. The molecule has 13 heteroatoms. The number of nitrogens with zero attached hydrogens (tertiary/aromatic N) is 5. The van der Waals surface area contributed by atoms with Crippen molar-refractivity contribution in [2.75, 3.05) is 17.8 Å². The van der Waals surface area contributed by atoms with Crippen LogP contribution in [0.1, 0.15) is 62.2 Å². The molecule has 0 saturated heterocycles. The molecule has 1 fully saturated rings. The van der Waals surface area contributed by atoms with Gasteiger partial charge < -0.3 is 15.2 Å². The van der Waals surface area contributed by atoms with Gasteiger partial charge in [0.05, 0.1) is 16.7 Å². The van der Waals surface area contributed by atoms with Gasteiger partial charge in [0.25, 0.3) is 10.0 Å². The number of sulfonamides is 1. The van der Waals surface area contributed by atoms with Crippen molar-refractivity contribution in [2.45, 2.75) is 75.0 Å². The van der Waals surface area contributed by atoms with Crippen molar-refractivity contribution in [2.24, 2.45) is 5.92 Å². The molecule has 0 bridgehead atoms. The van der Waals surface area contributed by atoms with E-state index >= 15 is 0 Å². The third kappa shape index (κ3) is 7.60. The molecule has 0 amide bonds. The lowest BCUT2D eigenvalue weighted by Gasteiger charge is -2.27. The van der Waals surface area contributed by atoms with E-state index < -0.39 is 16.1 Å². The average Bonchev–Trinajstić information content (AvgIpc) is 3.71. The molecule has 2 aliphatic rings. The van der Waals surface area contributed by atoms with Crippen LogP contribution in [-0.2, 0) is 23.0 Å². The molecule has 12 nitrogen and oxygen atoms in total. The Hall–Kier alpha value is -4.07. The number of tetrazole rings is 1. The molecule has 0 radical (unpaired) electrons. The Bertz CT molecular complexity index is 1740. The van der Waals surface area contributed by atoms with Crippen LogP contribution in [0.25, 0.3) is 5.69 Å². The maximum Gasteiger partial charge on any atom is 0.368 e. The van der Waals surface area contributed by atoms with Gasteiger partial charge in [0.15, 0.2) is 0 Å². The number of aliphatic hydroxyl groups excluding tert-OH is 1. The molecule has 0 spiro atoms. The van der Waals surface area contributed by atoms with E-state index in [9.17, 15) is 18.3 Å². The molecule has 2 aromatic heterocycles. The van der Waals surface area contributed by atoms with Crippen LogP contribution in [0, 0.1) is 5.92 Å². The highest BCUT2D eigenvalue weighted by Gasteiger charge is 2.23. The summed E-state index contributed by atoms with van der Waals surface area (Å²) in [5, 5.41) is 21.6. The Kier molecular flexibility index (Phi) is 9.57. The monoisotopic (exact) mass is 633 g/mol. The number of anilines is 1. The van der Waals surface area contributed by atoms with Crippen LogP contribution >= 0.6 is 0 Å². The van der Waals surface area contributed by atoms with Crippen LogP contribution in [0.2, 0.25) is 0 Å². The van der Waals surface area contributed by atoms with Gasteiger partial charge in [-0.1, -0.05) is 31.7 Å². The molecular weight excluding hydrogens is 594 g/mol. The Labute approximate surface area is 262 Å². The fourth-order valence-corrected chi connectivity index (χ4v) is 7.20. The van der Waals surface area contributed by atoms with E-state index in [-0.39, 0.29) is 16.7 Å². The highest BCUT2D eigenvalue weighted by Crippen LogP contribution is 2.31. The number of pyridine rings is 1. The number of aryl methyl sites for hydroxylation is 2. The van der Waals surface area contributed by atoms with E-state index in [4.69, 9.17) is 4.74 Å². The van der Waals surface area contributed by atoms with Gasteiger partial charge in [-0.25, -0.2) is 13.2 Å². The predicted molar refractivity (Wildman–Crippen MR) is 169 cm³/mol. The first-order valence-corrected chi connectivity index (χ1v) is 17.1. The minimum atomic E-state index is -3.86.